The van der Waals surface area contributed by atoms with Gasteiger partial charge in [0.25, 0.3) is 5.91 Å². The van der Waals surface area contributed by atoms with Crippen molar-refractivity contribution in [1.29, 1.82) is 0 Å². The molecule has 36 heavy (non-hydrogen) atoms. The molecular weight excluding hydrogens is 475 g/mol. The fraction of sp³-hybridized carbons (Fsp3) is 0.192. The number of carbonyl (C=O) groups excluding carboxylic acids is 2. The fourth-order valence-electron chi connectivity index (χ4n) is 3.34. The molecule has 0 saturated heterocycles. The van der Waals surface area contributed by atoms with E-state index in [2.05, 4.69) is 16.0 Å². The number of hydrogen-bond donors (Lipinski definition) is 4. The highest BCUT2D eigenvalue weighted by Crippen LogP contribution is 2.30. The van der Waals surface area contributed by atoms with Gasteiger partial charge in [-0.05, 0) is 54.1 Å². The van der Waals surface area contributed by atoms with E-state index in [0.29, 0.717) is 17.7 Å². The van der Waals surface area contributed by atoms with Crippen molar-refractivity contribution < 1.29 is 32.7 Å². The van der Waals surface area contributed by atoms with Crippen LogP contribution in [0.15, 0.2) is 78.9 Å². The Morgan fingerprint density at radius 1 is 0.833 bits per heavy atom. The highest BCUT2D eigenvalue weighted by Gasteiger charge is 2.30. The molecule has 0 aliphatic carbocycles. The zero-order valence-electron chi connectivity index (χ0n) is 19.0. The van der Waals surface area contributed by atoms with Gasteiger partial charge < -0.3 is 21.1 Å². The third-order valence-corrected chi connectivity index (χ3v) is 5.19. The lowest BCUT2D eigenvalue weighted by Gasteiger charge is -2.20. The van der Waals surface area contributed by atoms with Gasteiger partial charge in [0.05, 0.1) is 12.0 Å². The Morgan fingerprint density at radius 2 is 1.44 bits per heavy atom. The molecular formula is C26H24F3N3O4. The number of alkyl halides is 3. The summed E-state index contributed by atoms with van der Waals surface area (Å²) >= 11 is 0. The van der Waals surface area contributed by atoms with E-state index in [1.54, 1.807) is 12.1 Å². The highest BCUT2D eigenvalue weighted by atomic mass is 19.4. The maximum atomic E-state index is 13.0. The average molecular weight is 499 g/mol. The number of aliphatic carboxylic acids is 1. The molecule has 0 spiro atoms. The predicted molar refractivity (Wildman–Crippen MR) is 129 cm³/mol. The van der Waals surface area contributed by atoms with Gasteiger partial charge >= 0.3 is 12.1 Å². The molecule has 7 nitrogen and oxygen atoms in total. The molecule has 10 heteroatoms. The minimum absolute atomic E-state index is 0.00254. The second-order valence-electron chi connectivity index (χ2n) is 7.93. The first-order valence-electron chi connectivity index (χ1n) is 11.0. The summed E-state index contributed by atoms with van der Waals surface area (Å²) in [6, 6.07) is 18.9. The average Bonchev–Trinajstić information content (AvgIpc) is 2.84. The summed E-state index contributed by atoms with van der Waals surface area (Å²) in [7, 11) is 0. The van der Waals surface area contributed by atoms with E-state index in [4.69, 9.17) is 5.11 Å². The second kappa shape index (κ2) is 11.9. The Kier molecular flexibility index (Phi) is 8.66. The van der Waals surface area contributed by atoms with E-state index in [1.807, 2.05) is 30.3 Å². The van der Waals surface area contributed by atoms with Crippen molar-refractivity contribution in [2.24, 2.45) is 0 Å². The third-order valence-electron chi connectivity index (χ3n) is 5.19. The van der Waals surface area contributed by atoms with Crippen LogP contribution in [-0.2, 0) is 22.2 Å². The van der Waals surface area contributed by atoms with Crippen molar-refractivity contribution >= 4 is 29.2 Å². The summed E-state index contributed by atoms with van der Waals surface area (Å²) in [4.78, 5) is 35.8. The van der Waals surface area contributed by atoms with Crippen LogP contribution in [0, 0.1) is 0 Å². The van der Waals surface area contributed by atoms with Crippen LogP contribution in [-0.4, -0.2) is 35.5 Å². The molecule has 0 unspecified atom stereocenters. The standard InChI is InChI=1S/C26H24F3N3O4/c27-26(28,29)19-8-12-21(13-9-19)32-25(36)22(16-17-4-2-1-3-5-17)31-20-10-6-18(7-11-20)24(35)30-15-14-23(33)34/h1-13,22,31H,14-16H2,(H,30,35)(H,32,36)(H,33,34)/t22-/m0/s1. The van der Waals surface area contributed by atoms with Gasteiger partial charge in [-0.1, -0.05) is 30.3 Å². The summed E-state index contributed by atoms with van der Waals surface area (Å²) in [5.41, 5.74) is 1.14. The maximum Gasteiger partial charge on any atom is 0.416 e. The molecule has 0 aliphatic heterocycles. The number of nitrogens with one attached hydrogen (secondary N) is 3. The number of halogens is 3. The third kappa shape index (κ3) is 7.86. The van der Waals surface area contributed by atoms with Crippen molar-refractivity contribution in [3.05, 3.63) is 95.6 Å². The van der Waals surface area contributed by atoms with Gasteiger partial charge in [0.2, 0.25) is 5.91 Å². The van der Waals surface area contributed by atoms with Crippen molar-refractivity contribution in [2.45, 2.75) is 25.1 Å². The van der Waals surface area contributed by atoms with Crippen molar-refractivity contribution in [3.63, 3.8) is 0 Å². The van der Waals surface area contributed by atoms with Gasteiger partial charge in [-0.2, -0.15) is 13.2 Å². The number of anilines is 2. The summed E-state index contributed by atoms with van der Waals surface area (Å²) in [6.07, 6.45) is -4.37. The number of hydrogen-bond acceptors (Lipinski definition) is 4. The number of rotatable bonds is 10. The summed E-state index contributed by atoms with van der Waals surface area (Å²) in [5, 5.41) is 16.9. The topological polar surface area (TPSA) is 108 Å². The summed E-state index contributed by atoms with van der Waals surface area (Å²) in [5.74, 6) is -1.90. The Hall–Kier alpha value is -4.34. The van der Waals surface area contributed by atoms with Gasteiger partial charge in [0.15, 0.2) is 0 Å². The van der Waals surface area contributed by atoms with E-state index in [1.165, 1.54) is 24.3 Å². The van der Waals surface area contributed by atoms with E-state index in [0.717, 1.165) is 17.7 Å². The SMILES string of the molecule is O=C(O)CCNC(=O)c1ccc(N[C@@H](Cc2ccccc2)C(=O)Nc2ccc(C(F)(F)F)cc2)cc1. The van der Waals surface area contributed by atoms with Crippen LogP contribution < -0.4 is 16.0 Å². The number of carboxylic acids is 1. The van der Waals surface area contributed by atoms with Crippen LogP contribution in [0.4, 0.5) is 24.5 Å². The molecule has 3 aromatic carbocycles. The molecule has 0 saturated carbocycles. The summed E-state index contributed by atoms with van der Waals surface area (Å²) in [6.45, 7) is -0.00254. The van der Waals surface area contributed by atoms with Gasteiger partial charge in [0.1, 0.15) is 6.04 Å². The van der Waals surface area contributed by atoms with E-state index in [-0.39, 0.29) is 18.7 Å². The van der Waals surface area contributed by atoms with Gasteiger partial charge in [-0.3, -0.25) is 14.4 Å². The Morgan fingerprint density at radius 3 is 2.03 bits per heavy atom. The Balaban J connectivity index is 1.71. The minimum atomic E-state index is -4.47. The normalized spacial score (nSPS) is 11.9. The molecule has 0 fully saturated rings. The minimum Gasteiger partial charge on any atom is -0.481 e. The number of carboxylic acid groups (broad SMARTS) is 1. The first-order valence-corrected chi connectivity index (χ1v) is 11.0. The van der Waals surface area contributed by atoms with Crippen LogP contribution in [0.2, 0.25) is 0 Å². The van der Waals surface area contributed by atoms with E-state index < -0.39 is 35.6 Å². The first kappa shape index (κ1) is 26.3. The molecule has 3 rings (SSSR count). The van der Waals surface area contributed by atoms with Crippen LogP contribution in [0.25, 0.3) is 0 Å². The maximum absolute atomic E-state index is 13.0. The van der Waals surface area contributed by atoms with Gasteiger partial charge in [-0.25, -0.2) is 0 Å². The smallest absolute Gasteiger partial charge is 0.416 e. The first-order chi connectivity index (χ1) is 17.1. The molecule has 188 valence electrons. The lowest BCUT2D eigenvalue weighted by atomic mass is 10.0. The lowest BCUT2D eigenvalue weighted by molar-refractivity contribution is -0.138. The molecule has 0 aliphatic rings. The summed E-state index contributed by atoms with van der Waals surface area (Å²) < 4.78 is 38.5. The largest absolute Gasteiger partial charge is 0.481 e. The molecule has 1 atom stereocenters. The van der Waals surface area contributed by atoms with Crippen LogP contribution in [0.5, 0.6) is 0 Å². The molecule has 4 N–H and O–H groups in total. The zero-order valence-corrected chi connectivity index (χ0v) is 19.0. The van der Waals surface area contributed by atoms with Crippen molar-refractivity contribution in [2.75, 3.05) is 17.2 Å². The second-order valence-corrected chi connectivity index (χ2v) is 7.93. The highest BCUT2D eigenvalue weighted by molar-refractivity contribution is 5.97. The van der Waals surface area contributed by atoms with Crippen LogP contribution in [0.1, 0.15) is 27.9 Å². The van der Waals surface area contributed by atoms with Crippen LogP contribution in [0.3, 0.4) is 0 Å². The number of benzene rings is 3. The monoisotopic (exact) mass is 499 g/mol. The number of amides is 2. The molecule has 2 amide bonds. The van der Waals surface area contributed by atoms with E-state index >= 15 is 0 Å². The predicted octanol–water partition coefficient (Wildman–Crippen LogP) is 4.57. The van der Waals surface area contributed by atoms with Crippen molar-refractivity contribution in [3.8, 4) is 0 Å². The molecule has 0 bridgehead atoms. The Bertz CT molecular complexity index is 1180. The zero-order chi connectivity index (χ0) is 26.1. The van der Waals surface area contributed by atoms with Crippen LogP contribution >= 0.6 is 0 Å². The Labute approximate surface area is 205 Å². The molecule has 0 heterocycles. The van der Waals surface area contributed by atoms with Crippen molar-refractivity contribution in [1.82, 2.24) is 5.32 Å². The molecule has 0 radical (unpaired) electrons. The lowest BCUT2D eigenvalue weighted by Crippen LogP contribution is -2.36. The van der Waals surface area contributed by atoms with E-state index in [9.17, 15) is 27.6 Å². The quantitative estimate of drug-likeness (QED) is 0.327. The number of carbonyl (C=O) groups is 3. The molecule has 0 aromatic heterocycles. The molecule has 3 aromatic rings. The fourth-order valence-corrected chi connectivity index (χ4v) is 3.34. The van der Waals surface area contributed by atoms with Gasteiger partial charge in [-0.15, -0.1) is 0 Å². The van der Waals surface area contributed by atoms with Gasteiger partial charge in [0, 0.05) is 29.9 Å².